The molecule has 0 aliphatic heterocycles. The third-order valence-electron chi connectivity index (χ3n) is 3.77. The van der Waals surface area contributed by atoms with Gasteiger partial charge in [-0.15, -0.1) is 0 Å². The summed E-state index contributed by atoms with van der Waals surface area (Å²) in [6, 6.07) is 13.1. The van der Waals surface area contributed by atoms with E-state index in [0.717, 1.165) is 35.7 Å². The fraction of sp³-hybridized carbons (Fsp3) is 0.222. The largest absolute Gasteiger partial charge is 0.493 e. The van der Waals surface area contributed by atoms with Crippen LogP contribution in [0.2, 0.25) is 10.0 Å². The van der Waals surface area contributed by atoms with E-state index in [1.54, 1.807) is 0 Å². The maximum atomic E-state index is 5.96. The molecule has 3 aromatic rings. The number of hydrogen-bond donors (Lipinski definition) is 1. The standard InChI is InChI=1S/C18H17Cl2N3OS/c1-12-11-14(20)6-9-16(12)24-10-2-3-17-21-22-18(25)23(17)15-7-4-13(19)5-8-15/h4-9,11H,2-3,10H2,1H3,(H,22,25). The summed E-state index contributed by atoms with van der Waals surface area (Å²) in [6.07, 6.45) is 1.55. The van der Waals surface area contributed by atoms with Gasteiger partial charge in [0.2, 0.25) is 0 Å². The molecule has 1 N–H and O–H groups in total. The van der Waals surface area contributed by atoms with Gasteiger partial charge in [0.05, 0.1) is 6.61 Å². The number of hydrogen-bond acceptors (Lipinski definition) is 3. The highest BCUT2D eigenvalue weighted by Crippen LogP contribution is 2.22. The van der Waals surface area contributed by atoms with Crippen LogP contribution in [0.3, 0.4) is 0 Å². The summed E-state index contributed by atoms with van der Waals surface area (Å²) in [5, 5.41) is 8.58. The van der Waals surface area contributed by atoms with Crippen LogP contribution in [0.15, 0.2) is 42.5 Å². The lowest BCUT2D eigenvalue weighted by Crippen LogP contribution is -2.05. The van der Waals surface area contributed by atoms with E-state index in [0.29, 0.717) is 21.4 Å². The Morgan fingerprint density at radius 3 is 2.56 bits per heavy atom. The molecule has 4 nitrogen and oxygen atoms in total. The fourth-order valence-corrected chi connectivity index (χ4v) is 3.15. The Hall–Kier alpha value is -1.82. The molecular formula is C18H17Cl2N3OS. The minimum absolute atomic E-state index is 0.562. The molecule has 0 unspecified atom stereocenters. The van der Waals surface area contributed by atoms with Crippen molar-refractivity contribution in [2.45, 2.75) is 19.8 Å². The number of aromatic nitrogens is 3. The van der Waals surface area contributed by atoms with Gasteiger partial charge >= 0.3 is 0 Å². The Morgan fingerprint density at radius 2 is 1.84 bits per heavy atom. The number of aromatic amines is 1. The van der Waals surface area contributed by atoms with E-state index >= 15 is 0 Å². The third kappa shape index (κ3) is 4.42. The minimum atomic E-state index is 0.562. The van der Waals surface area contributed by atoms with Gasteiger partial charge in [0, 0.05) is 22.2 Å². The summed E-state index contributed by atoms with van der Waals surface area (Å²) >= 11 is 17.3. The molecular weight excluding hydrogens is 377 g/mol. The van der Waals surface area contributed by atoms with E-state index in [9.17, 15) is 0 Å². The fourth-order valence-electron chi connectivity index (χ4n) is 2.54. The first-order chi connectivity index (χ1) is 12.0. The van der Waals surface area contributed by atoms with Gasteiger partial charge < -0.3 is 4.74 Å². The van der Waals surface area contributed by atoms with Crippen LogP contribution >= 0.6 is 35.4 Å². The molecule has 2 aromatic carbocycles. The van der Waals surface area contributed by atoms with E-state index in [1.807, 2.05) is 54.0 Å². The summed E-state index contributed by atoms with van der Waals surface area (Å²) in [7, 11) is 0. The number of benzene rings is 2. The Bertz CT molecular complexity index is 919. The van der Waals surface area contributed by atoms with Crippen molar-refractivity contribution in [3.05, 3.63) is 68.7 Å². The second-order valence-corrected chi connectivity index (χ2v) is 6.88. The summed E-state index contributed by atoms with van der Waals surface area (Å²) in [5.74, 6) is 1.71. The first-order valence-electron chi connectivity index (χ1n) is 7.86. The van der Waals surface area contributed by atoms with Crippen LogP contribution in [0, 0.1) is 11.7 Å². The Balaban J connectivity index is 1.64. The van der Waals surface area contributed by atoms with Gasteiger partial charge in [-0.3, -0.25) is 9.67 Å². The molecule has 7 heteroatoms. The van der Waals surface area contributed by atoms with Crippen LogP contribution in [-0.2, 0) is 6.42 Å². The zero-order valence-corrected chi connectivity index (χ0v) is 16.0. The quantitative estimate of drug-likeness (QED) is 0.440. The third-order valence-corrected chi connectivity index (χ3v) is 4.53. The van der Waals surface area contributed by atoms with Crippen LogP contribution < -0.4 is 4.74 Å². The van der Waals surface area contributed by atoms with Crippen LogP contribution in [0.5, 0.6) is 5.75 Å². The number of halogens is 2. The Morgan fingerprint density at radius 1 is 1.12 bits per heavy atom. The predicted molar refractivity (Wildman–Crippen MR) is 104 cm³/mol. The van der Waals surface area contributed by atoms with Crippen LogP contribution in [-0.4, -0.2) is 21.4 Å². The zero-order chi connectivity index (χ0) is 17.8. The maximum Gasteiger partial charge on any atom is 0.199 e. The number of H-pyrrole nitrogens is 1. The molecule has 0 fully saturated rings. The summed E-state index contributed by atoms with van der Waals surface area (Å²) in [6.45, 7) is 2.57. The summed E-state index contributed by atoms with van der Waals surface area (Å²) in [5.41, 5.74) is 1.96. The van der Waals surface area contributed by atoms with Gasteiger partial charge in [-0.25, -0.2) is 0 Å². The average Bonchev–Trinajstić information content (AvgIpc) is 2.95. The van der Waals surface area contributed by atoms with Crippen LogP contribution in [0.25, 0.3) is 5.69 Å². The highest BCUT2D eigenvalue weighted by Gasteiger charge is 2.09. The topological polar surface area (TPSA) is 42.8 Å². The molecule has 0 saturated heterocycles. The van der Waals surface area contributed by atoms with Crippen molar-refractivity contribution in [3.63, 3.8) is 0 Å². The lowest BCUT2D eigenvalue weighted by molar-refractivity contribution is 0.307. The molecule has 1 aromatic heterocycles. The van der Waals surface area contributed by atoms with E-state index < -0.39 is 0 Å². The molecule has 25 heavy (non-hydrogen) atoms. The molecule has 0 bridgehead atoms. The molecule has 1 heterocycles. The molecule has 130 valence electrons. The van der Waals surface area contributed by atoms with Crippen molar-refractivity contribution < 1.29 is 4.74 Å². The monoisotopic (exact) mass is 393 g/mol. The molecule has 0 saturated carbocycles. The number of nitrogens with one attached hydrogen (secondary N) is 1. The minimum Gasteiger partial charge on any atom is -0.493 e. The lowest BCUT2D eigenvalue weighted by atomic mass is 10.2. The first kappa shape index (κ1) is 18.0. The van der Waals surface area contributed by atoms with Crippen molar-refractivity contribution in [2.75, 3.05) is 6.61 Å². The van der Waals surface area contributed by atoms with Crippen molar-refractivity contribution >= 4 is 35.4 Å². The number of rotatable bonds is 6. The second-order valence-electron chi connectivity index (χ2n) is 5.62. The maximum absolute atomic E-state index is 5.96. The van der Waals surface area contributed by atoms with E-state index in [2.05, 4.69) is 10.2 Å². The average molecular weight is 394 g/mol. The molecule has 0 amide bonds. The SMILES string of the molecule is Cc1cc(Cl)ccc1OCCCc1n[nH]c(=S)n1-c1ccc(Cl)cc1. The smallest absolute Gasteiger partial charge is 0.199 e. The van der Waals surface area contributed by atoms with Gasteiger partial charge in [-0.1, -0.05) is 23.2 Å². The highest BCUT2D eigenvalue weighted by molar-refractivity contribution is 7.71. The molecule has 0 aliphatic rings. The van der Waals surface area contributed by atoms with Crippen molar-refractivity contribution in [1.82, 2.24) is 14.8 Å². The van der Waals surface area contributed by atoms with Crippen LogP contribution in [0.1, 0.15) is 17.8 Å². The summed E-state index contributed by atoms with van der Waals surface area (Å²) < 4.78 is 8.31. The normalized spacial score (nSPS) is 10.8. The second kappa shape index (κ2) is 8.04. The number of ether oxygens (including phenoxy) is 1. The molecule has 0 atom stereocenters. The van der Waals surface area contributed by atoms with Gasteiger partial charge in [-0.2, -0.15) is 5.10 Å². The number of aryl methyl sites for hydroxylation is 2. The zero-order valence-electron chi connectivity index (χ0n) is 13.6. The van der Waals surface area contributed by atoms with Gasteiger partial charge in [-0.05, 0) is 73.6 Å². The number of nitrogens with zero attached hydrogens (tertiary/aromatic N) is 2. The van der Waals surface area contributed by atoms with Gasteiger partial charge in [0.25, 0.3) is 0 Å². The predicted octanol–water partition coefficient (Wildman–Crippen LogP) is 5.56. The van der Waals surface area contributed by atoms with Gasteiger partial charge in [0.15, 0.2) is 4.77 Å². The van der Waals surface area contributed by atoms with E-state index in [4.69, 9.17) is 40.2 Å². The highest BCUT2D eigenvalue weighted by atomic mass is 35.5. The summed E-state index contributed by atoms with van der Waals surface area (Å²) in [4.78, 5) is 0. The molecule has 0 spiro atoms. The first-order valence-corrected chi connectivity index (χ1v) is 9.02. The van der Waals surface area contributed by atoms with Crippen molar-refractivity contribution in [3.8, 4) is 11.4 Å². The van der Waals surface area contributed by atoms with Crippen molar-refractivity contribution in [1.29, 1.82) is 0 Å². The lowest BCUT2D eigenvalue weighted by Gasteiger charge is -2.10. The van der Waals surface area contributed by atoms with E-state index in [1.165, 1.54) is 0 Å². The van der Waals surface area contributed by atoms with Gasteiger partial charge in [0.1, 0.15) is 11.6 Å². The molecule has 0 aliphatic carbocycles. The van der Waals surface area contributed by atoms with Crippen molar-refractivity contribution in [2.24, 2.45) is 0 Å². The Labute approximate surface area is 161 Å². The molecule has 0 radical (unpaired) electrons. The van der Waals surface area contributed by atoms with E-state index in [-0.39, 0.29) is 0 Å². The molecule has 3 rings (SSSR count). The van der Waals surface area contributed by atoms with Crippen LogP contribution in [0.4, 0.5) is 0 Å². The Kier molecular flexibility index (Phi) is 5.78.